The summed E-state index contributed by atoms with van der Waals surface area (Å²) < 4.78 is 6.19. The SMILES string of the molecule is CCc1ncnc(-c2cccnc2Oc2cc(C(=O)N[C@@H](C)C3CCCCC3)ccc2C)n1. The first-order chi connectivity index (χ1) is 16.0. The Kier molecular flexibility index (Phi) is 7.27. The third kappa shape index (κ3) is 5.53. The van der Waals surface area contributed by atoms with Crippen molar-refractivity contribution in [2.45, 2.75) is 65.3 Å². The van der Waals surface area contributed by atoms with E-state index in [1.807, 2.05) is 38.1 Å². The zero-order valence-corrected chi connectivity index (χ0v) is 19.5. The molecule has 4 rings (SSSR count). The molecule has 2 heterocycles. The van der Waals surface area contributed by atoms with Gasteiger partial charge in [0.05, 0.1) is 5.56 Å². The zero-order valence-electron chi connectivity index (χ0n) is 19.5. The molecule has 0 aliphatic heterocycles. The van der Waals surface area contributed by atoms with Crippen molar-refractivity contribution in [2.75, 3.05) is 0 Å². The second kappa shape index (κ2) is 10.5. The lowest BCUT2D eigenvalue weighted by molar-refractivity contribution is 0.0919. The van der Waals surface area contributed by atoms with Crippen molar-refractivity contribution in [2.24, 2.45) is 5.92 Å². The second-order valence-electron chi connectivity index (χ2n) is 8.68. The Labute approximate surface area is 195 Å². The first-order valence-corrected chi connectivity index (χ1v) is 11.8. The minimum Gasteiger partial charge on any atom is -0.438 e. The second-order valence-corrected chi connectivity index (χ2v) is 8.68. The van der Waals surface area contributed by atoms with Crippen LogP contribution in [0.1, 0.15) is 67.7 Å². The molecule has 7 nitrogen and oxygen atoms in total. The van der Waals surface area contributed by atoms with Gasteiger partial charge in [0, 0.05) is 24.2 Å². The molecule has 1 aliphatic rings. The van der Waals surface area contributed by atoms with Crippen molar-refractivity contribution in [3.63, 3.8) is 0 Å². The molecule has 1 N–H and O–H groups in total. The van der Waals surface area contributed by atoms with Gasteiger partial charge < -0.3 is 10.1 Å². The Morgan fingerprint density at radius 1 is 1.15 bits per heavy atom. The van der Waals surface area contributed by atoms with Crippen LogP contribution in [0.4, 0.5) is 0 Å². The summed E-state index contributed by atoms with van der Waals surface area (Å²) >= 11 is 0. The van der Waals surface area contributed by atoms with E-state index in [9.17, 15) is 4.79 Å². The lowest BCUT2D eigenvalue weighted by Gasteiger charge is -2.28. The molecule has 33 heavy (non-hydrogen) atoms. The summed E-state index contributed by atoms with van der Waals surface area (Å²) in [6.07, 6.45) is 10.0. The molecule has 1 amide bonds. The summed E-state index contributed by atoms with van der Waals surface area (Å²) in [5.74, 6) is 2.66. The van der Waals surface area contributed by atoms with Crippen LogP contribution in [0.5, 0.6) is 11.6 Å². The average molecular weight is 446 g/mol. The van der Waals surface area contributed by atoms with E-state index in [1.54, 1.807) is 12.3 Å². The van der Waals surface area contributed by atoms with Crippen LogP contribution in [-0.2, 0) is 6.42 Å². The van der Waals surface area contributed by atoms with Crippen LogP contribution < -0.4 is 10.1 Å². The van der Waals surface area contributed by atoms with Crippen molar-refractivity contribution < 1.29 is 9.53 Å². The topological polar surface area (TPSA) is 89.9 Å². The van der Waals surface area contributed by atoms with Gasteiger partial charge in [-0.3, -0.25) is 4.79 Å². The van der Waals surface area contributed by atoms with E-state index in [-0.39, 0.29) is 11.9 Å². The minimum atomic E-state index is -0.0794. The van der Waals surface area contributed by atoms with Gasteiger partial charge in [-0.15, -0.1) is 0 Å². The Balaban J connectivity index is 1.55. The van der Waals surface area contributed by atoms with E-state index in [4.69, 9.17) is 4.74 Å². The van der Waals surface area contributed by atoms with Crippen LogP contribution in [0.2, 0.25) is 0 Å². The lowest BCUT2D eigenvalue weighted by Crippen LogP contribution is -2.38. The number of rotatable bonds is 7. The maximum atomic E-state index is 13.0. The molecule has 1 fully saturated rings. The Bertz CT molecular complexity index is 1110. The van der Waals surface area contributed by atoms with Crippen molar-refractivity contribution >= 4 is 5.91 Å². The third-order valence-electron chi connectivity index (χ3n) is 6.32. The first kappa shape index (κ1) is 22.8. The predicted octanol–water partition coefficient (Wildman–Crippen LogP) is 5.30. The van der Waals surface area contributed by atoms with Crippen molar-refractivity contribution in [1.82, 2.24) is 25.3 Å². The minimum absolute atomic E-state index is 0.0794. The van der Waals surface area contributed by atoms with Crippen molar-refractivity contribution in [3.05, 3.63) is 59.8 Å². The quantitative estimate of drug-likeness (QED) is 0.531. The fourth-order valence-corrected chi connectivity index (χ4v) is 4.27. The fourth-order valence-electron chi connectivity index (χ4n) is 4.27. The highest BCUT2D eigenvalue weighted by Gasteiger charge is 2.22. The van der Waals surface area contributed by atoms with E-state index in [2.05, 4.69) is 32.2 Å². The Hall–Kier alpha value is -3.35. The summed E-state index contributed by atoms with van der Waals surface area (Å²) in [4.78, 5) is 30.3. The monoisotopic (exact) mass is 445 g/mol. The summed E-state index contributed by atoms with van der Waals surface area (Å²) in [7, 11) is 0. The van der Waals surface area contributed by atoms with Gasteiger partial charge in [-0.2, -0.15) is 0 Å². The highest BCUT2D eigenvalue weighted by molar-refractivity contribution is 5.95. The molecule has 7 heteroatoms. The summed E-state index contributed by atoms with van der Waals surface area (Å²) in [5, 5.41) is 3.19. The lowest BCUT2D eigenvalue weighted by atomic mass is 9.84. The number of aryl methyl sites for hydroxylation is 2. The molecule has 172 valence electrons. The number of carbonyl (C=O) groups is 1. The largest absolute Gasteiger partial charge is 0.438 e. The van der Waals surface area contributed by atoms with Gasteiger partial charge in [0.15, 0.2) is 5.82 Å². The van der Waals surface area contributed by atoms with Gasteiger partial charge in [-0.25, -0.2) is 19.9 Å². The number of nitrogens with one attached hydrogen (secondary N) is 1. The fraction of sp³-hybridized carbons (Fsp3) is 0.423. The highest BCUT2D eigenvalue weighted by atomic mass is 16.5. The van der Waals surface area contributed by atoms with Crippen molar-refractivity contribution in [3.8, 4) is 23.0 Å². The molecule has 0 spiro atoms. The average Bonchev–Trinajstić information content (AvgIpc) is 2.86. The van der Waals surface area contributed by atoms with E-state index in [0.717, 1.165) is 5.56 Å². The molecule has 1 saturated carbocycles. The molecule has 2 aromatic heterocycles. The molecular weight excluding hydrogens is 414 g/mol. The van der Waals surface area contributed by atoms with Crippen LogP contribution in [-0.4, -0.2) is 31.9 Å². The van der Waals surface area contributed by atoms with E-state index >= 15 is 0 Å². The van der Waals surface area contributed by atoms with Gasteiger partial charge >= 0.3 is 0 Å². The van der Waals surface area contributed by atoms with Crippen LogP contribution in [0.25, 0.3) is 11.4 Å². The molecule has 3 aromatic rings. The number of hydrogen-bond acceptors (Lipinski definition) is 6. The molecule has 1 aliphatic carbocycles. The van der Waals surface area contributed by atoms with Crippen molar-refractivity contribution in [1.29, 1.82) is 0 Å². The van der Waals surface area contributed by atoms with Crippen LogP contribution in [0.15, 0.2) is 42.9 Å². The van der Waals surface area contributed by atoms with Crippen LogP contribution in [0.3, 0.4) is 0 Å². The number of benzene rings is 1. The molecule has 1 atom stereocenters. The van der Waals surface area contributed by atoms with Gasteiger partial charge in [-0.05, 0) is 62.4 Å². The highest BCUT2D eigenvalue weighted by Crippen LogP contribution is 2.32. The number of ether oxygens (including phenoxy) is 1. The zero-order chi connectivity index (χ0) is 23.2. The van der Waals surface area contributed by atoms with Gasteiger partial charge in [0.25, 0.3) is 5.91 Å². The molecule has 1 aromatic carbocycles. The van der Waals surface area contributed by atoms with E-state index in [1.165, 1.54) is 38.4 Å². The maximum absolute atomic E-state index is 13.0. The molecule has 0 saturated heterocycles. The molecular formula is C26H31N5O2. The standard InChI is InChI=1S/C26H31N5O2/c1-4-23-28-16-29-24(31-23)21-11-8-14-27-26(21)33-22-15-20(13-12-17(22)2)25(32)30-18(3)19-9-6-5-7-10-19/h8,11-16,18-19H,4-7,9-10H2,1-3H3,(H,30,32)/t18-/m0/s1. The van der Waals surface area contributed by atoms with Gasteiger partial charge in [-0.1, -0.05) is 32.3 Å². The van der Waals surface area contributed by atoms with Crippen LogP contribution >= 0.6 is 0 Å². The van der Waals surface area contributed by atoms with Gasteiger partial charge in [0.1, 0.15) is 17.9 Å². The summed E-state index contributed by atoms with van der Waals surface area (Å²) in [5.41, 5.74) is 2.16. The molecule has 0 radical (unpaired) electrons. The number of pyridine rings is 1. The molecule has 0 unspecified atom stereocenters. The van der Waals surface area contributed by atoms with E-state index in [0.29, 0.717) is 46.7 Å². The molecule has 0 bridgehead atoms. The van der Waals surface area contributed by atoms with Crippen LogP contribution in [0, 0.1) is 12.8 Å². The number of carbonyl (C=O) groups excluding carboxylic acids is 1. The number of aromatic nitrogens is 4. The van der Waals surface area contributed by atoms with Gasteiger partial charge in [0.2, 0.25) is 5.88 Å². The Morgan fingerprint density at radius 3 is 2.76 bits per heavy atom. The maximum Gasteiger partial charge on any atom is 0.251 e. The smallest absolute Gasteiger partial charge is 0.251 e. The first-order valence-electron chi connectivity index (χ1n) is 11.8. The summed E-state index contributed by atoms with van der Waals surface area (Å²) in [6.45, 7) is 6.05. The van der Waals surface area contributed by atoms with E-state index < -0.39 is 0 Å². The predicted molar refractivity (Wildman–Crippen MR) is 127 cm³/mol. The number of hydrogen-bond donors (Lipinski definition) is 1. The summed E-state index contributed by atoms with van der Waals surface area (Å²) in [6, 6.07) is 9.36. The number of nitrogens with zero attached hydrogens (tertiary/aromatic N) is 4. The third-order valence-corrected chi connectivity index (χ3v) is 6.32. The normalized spacial score (nSPS) is 15.1. The Morgan fingerprint density at radius 2 is 1.97 bits per heavy atom. The number of amides is 1.